The molecule has 22 heavy (non-hydrogen) atoms. The van der Waals surface area contributed by atoms with Gasteiger partial charge in [0.25, 0.3) is 0 Å². The zero-order valence-electron chi connectivity index (χ0n) is 12.5. The summed E-state index contributed by atoms with van der Waals surface area (Å²) in [6.07, 6.45) is 0.533. The van der Waals surface area contributed by atoms with Crippen LogP contribution in [0.25, 0.3) is 0 Å². The number of carbonyl (C=O) groups excluding carboxylic acids is 1. The van der Waals surface area contributed by atoms with Crippen LogP contribution in [0.5, 0.6) is 5.75 Å². The van der Waals surface area contributed by atoms with Crippen LogP contribution in [0.2, 0.25) is 0 Å². The van der Waals surface area contributed by atoms with Crippen molar-refractivity contribution in [2.24, 2.45) is 0 Å². The van der Waals surface area contributed by atoms with Crippen LogP contribution in [-0.4, -0.2) is 12.4 Å². The first-order valence-corrected chi connectivity index (χ1v) is 7.49. The van der Waals surface area contributed by atoms with Gasteiger partial charge < -0.3 is 14.8 Å². The molecule has 0 saturated heterocycles. The van der Waals surface area contributed by atoms with Gasteiger partial charge in [-0.25, -0.2) is 4.79 Å². The molecule has 2 aromatic carbocycles. The van der Waals surface area contributed by atoms with Crippen LogP contribution in [0, 0.1) is 0 Å². The van der Waals surface area contributed by atoms with E-state index in [-0.39, 0.29) is 6.04 Å². The van der Waals surface area contributed by atoms with Gasteiger partial charge in [-0.1, -0.05) is 48.5 Å². The van der Waals surface area contributed by atoms with Gasteiger partial charge in [0.05, 0.1) is 6.04 Å². The first-order valence-electron chi connectivity index (χ1n) is 7.49. The summed E-state index contributed by atoms with van der Waals surface area (Å²) in [5, 5.41) is 2.83. The number of aryl methyl sites for hydroxylation is 1. The topological polar surface area (TPSA) is 47.6 Å². The maximum atomic E-state index is 12.0. The highest BCUT2D eigenvalue weighted by Gasteiger charge is 2.23. The van der Waals surface area contributed by atoms with Gasteiger partial charge in [0.1, 0.15) is 5.75 Å². The Labute approximate surface area is 130 Å². The summed E-state index contributed by atoms with van der Waals surface area (Å²) in [5.74, 6) is 0.794. The molecule has 0 spiro atoms. The summed E-state index contributed by atoms with van der Waals surface area (Å²) in [4.78, 5) is 12.0. The third-order valence-corrected chi connectivity index (χ3v) is 3.75. The second-order valence-corrected chi connectivity index (χ2v) is 5.38. The lowest BCUT2D eigenvalue weighted by atomic mass is 10.1. The summed E-state index contributed by atoms with van der Waals surface area (Å²) >= 11 is 0. The minimum absolute atomic E-state index is 0.107. The number of nitrogens with one attached hydrogen (secondary N) is 1. The normalized spacial score (nSPS) is 17.8. The molecule has 4 nitrogen and oxygen atoms in total. The average molecular weight is 297 g/mol. The predicted molar refractivity (Wildman–Crippen MR) is 83.7 cm³/mol. The highest BCUT2D eigenvalue weighted by Crippen LogP contribution is 2.27. The second kappa shape index (κ2) is 6.52. The van der Waals surface area contributed by atoms with Crippen molar-refractivity contribution >= 4 is 6.09 Å². The number of ether oxygens (including phenoxy) is 2. The van der Waals surface area contributed by atoms with Gasteiger partial charge >= 0.3 is 6.09 Å². The van der Waals surface area contributed by atoms with Gasteiger partial charge in [0.2, 0.25) is 6.29 Å². The van der Waals surface area contributed by atoms with Crippen molar-refractivity contribution in [3.63, 3.8) is 0 Å². The fraction of sp³-hybridized carbons (Fsp3) is 0.278. The van der Waals surface area contributed by atoms with E-state index in [1.165, 1.54) is 0 Å². The molecule has 1 unspecified atom stereocenters. The Morgan fingerprint density at radius 2 is 1.91 bits per heavy atom. The van der Waals surface area contributed by atoms with E-state index in [0.717, 1.165) is 23.3 Å². The Balaban J connectivity index is 1.55. The minimum atomic E-state index is -0.530. The second-order valence-electron chi connectivity index (χ2n) is 5.38. The Bertz CT molecular complexity index is 642. The number of alkyl carbamates (subject to hydrolysis) is 1. The molecule has 0 fully saturated rings. The molecule has 0 aliphatic carbocycles. The van der Waals surface area contributed by atoms with Gasteiger partial charge in [0, 0.05) is 6.42 Å². The van der Waals surface area contributed by atoms with Crippen molar-refractivity contribution in [1.29, 1.82) is 0 Å². The molecule has 114 valence electrons. The Hall–Kier alpha value is -2.49. The Morgan fingerprint density at radius 1 is 1.18 bits per heavy atom. The van der Waals surface area contributed by atoms with Crippen LogP contribution >= 0.6 is 0 Å². The monoisotopic (exact) mass is 297 g/mol. The zero-order valence-corrected chi connectivity index (χ0v) is 12.5. The van der Waals surface area contributed by atoms with Gasteiger partial charge in [-0.2, -0.15) is 0 Å². The molecule has 0 aromatic heterocycles. The van der Waals surface area contributed by atoms with E-state index in [4.69, 9.17) is 9.47 Å². The maximum Gasteiger partial charge on any atom is 0.410 e. The van der Waals surface area contributed by atoms with E-state index in [9.17, 15) is 4.79 Å². The third kappa shape index (κ3) is 3.39. The van der Waals surface area contributed by atoms with Gasteiger partial charge in [-0.05, 0) is 30.5 Å². The summed E-state index contributed by atoms with van der Waals surface area (Å²) in [7, 11) is 0. The standard InChI is InChI=1S/C18H19NO3/c1-13(14-7-3-2-4-8-14)19-18(20)22-17-12-11-15-9-5-6-10-16(15)21-17/h2-10,13,17H,11-12H2,1H3,(H,19,20)/t13-,17?/m0/s1. The number of amides is 1. The molecule has 2 atom stereocenters. The van der Waals surface area contributed by atoms with E-state index < -0.39 is 12.4 Å². The zero-order chi connectivity index (χ0) is 15.4. The van der Waals surface area contributed by atoms with Crippen molar-refractivity contribution in [2.45, 2.75) is 32.1 Å². The molecule has 0 saturated carbocycles. The number of hydrogen-bond acceptors (Lipinski definition) is 3. The van der Waals surface area contributed by atoms with E-state index in [1.54, 1.807) is 0 Å². The molecule has 1 aliphatic rings. The number of fused-ring (bicyclic) bond motifs is 1. The fourth-order valence-corrected chi connectivity index (χ4v) is 2.54. The van der Waals surface area contributed by atoms with Crippen LogP contribution in [0.4, 0.5) is 4.79 Å². The summed E-state index contributed by atoms with van der Waals surface area (Å²) in [6.45, 7) is 1.92. The lowest BCUT2D eigenvalue weighted by Crippen LogP contribution is -2.35. The highest BCUT2D eigenvalue weighted by molar-refractivity contribution is 5.68. The molecular formula is C18H19NO3. The van der Waals surface area contributed by atoms with E-state index in [0.29, 0.717) is 6.42 Å². The lowest BCUT2D eigenvalue weighted by molar-refractivity contribution is -0.0452. The van der Waals surface area contributed by atoms with Crippen molar-refractivity contribution in [3.8, 4) is 5.75 Å². The summed E-state index contributed by atoms with van der Waals surface area (Å²) in [5.41, 5.74) is 2.19. The van der Waals surface area contributed by atoms with E-state index in [2.05, 4.69) is 5.32 Å². The van der Waals surface area contributed by atoms with Crippen LogP contribution in [0.1, 0.15) is 30.5 Å². The summed E-state index contributed by atoms with van der Waals surface area (Å²) < 4.78 is 11.1. The molecule has 0 radical (unpaired) electrons. The first-order chi connectivity index (χ1) is 10.7. The third-order valence-electron chi connectivity index (χ3n) is 3.75. The van der Waals surface area contributed by atoms with Crippen LogP contribution in [-0.2, 0) is 11.2 Å². The molecule has 2 aromatic rings. The molecule has 1 amide bonds. The molecule has 4 heteroatoms. The molecule has 1 aliphatic heterocycles. The minimum Gasteiger partial charge on any atom is -0.454 e. The molecule has 3 rings (SSSR count). The van der Waals surface area contributed by atoms with E-state index >= 15 is 0 Å². The predicted octanol–water partition coefficient (Wildman–Crippen LogP) is 3.83. The fourth-order valence-electron chi connectivity index (χ4n) is 2.54. The number of para-hydroxylation sites is 1. The molecule has 1 N–H and O–H groups in total. The van der Waals surface area contributed by atoms with Crippen LogP contribution < -0.4 is 10.1 Å². The van der Waals surface area contributed by atoms with Crippen molar-refractivity contribution < 1.29 is 14.3 Å². The SMILES string of the molecule is C[C@H](NC(=O)OC1CCc2ccccc2O1)c1ccccc1. The molecule has 1 heterocycles. The summed E-state index contributed by atoms with van der Waals surface area (Å²) in [6, 6.07) is 17.5. The highest BCUT2D eigenvalue weighted by atomic mass is 16.7. The maximum absolute atomic E-state index is 12.0. The number of carbonyl (C=O) groups is 1. The van der Waals surface area contributed by atoms with E-state index in [1.807, 2.05) is 61.5 Å². The Morgan fingerprint density at radius 3 is 2.73 bits per heavy atom. The number of hydrogen-bond donors (Lipinski definition) is 1. The van der Waals surface area contributed by atoms with Gasteiger partial charge in [-0.3, -0.25) is 0 Å². The first kappa shape index (κ1) is 14.4. The quantitative estimate of drug-likeness (QED) is 0.936. The lowest BCUT2D eigenvalue weighted by Gasteiger charge is -2.26. The van der Waals surface area contributed by atoms with Gasteiger partial charge in [0.15, 0.2) is 0 Å². The molecule has 0 bridgehead atoms. The Kier molecular flexibility index (Phi) is 4.28. The average Bonchev–Trinajstić information content (AvgIpc) is 2.55. The largest absolute Gasteiger partial charge is 0.454 e. The van der Waals surface area contributed by atoms with Crippen molar-refractivity contribution in [1.82, 2.24) is 5.32 Å². The van der Waals surface area contributed by atoms with Crippen LogP contribution in [0.3, 0.4) is 0 Å². The van der Waals surface area contributed by atoms with Crippen LogP contribution in [0.15, 0.2) is 54.6 Å². The van der Waals surface area contributed by atoms with Crippen molar-refractivity contribution in [3.05, 3.63) is 65.7 Å². The smallest absolute Gasteiger partial charge is 0.410 e. The number of rotatable bonds is 3. The van der Waals surface area contributed by atoms with Gasteiger partial charge in [-0.15, -0.1) is 0 Å². The van der Waals surface area contributed by atoms with Crippen molar-refractivity contribution in [2.75, 3.05) is 0 Å². The molecular weight excluding hydrogens is 278 g/mol. The number of benzene rings is 2.